The predicted octanol–water partition coefficient (Wildman–Crippen LogP) is 5.88. The number of carbonyl (C=O) groups is 1. The highest BCUT2D eigenvalue weighted by atomic mass is 16.5. The van der Waals surface area contributed by atoms with Crippen molar-refractivity contribution in [2.24, 2.45) is 11.3 Å². The number of unbranched alkanes of at least 4 members (excludes halogenated alkanes) is 4. The van der Waals surface area contributed by atoms with Crippen LogP contribution in [0.4, 0.5) is 0 Å². The van der Waals surface area contributed by atoms with Gasteiger partial charge >= 0.3 is 0 Å². The molecule has 0 saturated carbocycles. The average molecular weight is 436 g/mol. The number of hydrogen-bond acceptors (Lipinski definition) is 4. The van der Waals surface area contributed by atoms with Crippen molar-refractivity contribution in [2.45, 2.75) is 85.5 Å². The number of aromatic hydroxyl groups is 1. The lowest BCUT2D eigenvalue weighted by atomic mass is 9.74. The predicted molar refractivity (Wildman–Crippen MR) is 128 cm³/mol. The summed E-state index contributed by atoms with van der Waals surface area (Å²) in [7, 11) is 1.67. The van der Waals surface area contributed by atoms with Crippen LogP contribution in [0, 0.1) is 11.3 Å². The molecule has 0 aliphatic heterocycles. The van der Waals surface area contributed by atoms with Gasteiger partial charge in [-0.25, -0.2) is 0 Å². The Morgan fingerprint density at radius 2 is 1.84 bits per heavy atom. The molecule has 1 atom stereocenters. The topological polar surface area (TPSA) is 67.8 Å². The summed E-state index contributed by atoms with van der Waals surface area (Å²) in [5.41, 5.74) is 0.890. The van der Waals surface area contributed by atoms with Crippen molar-refractivity contribution < 1.29 is 19.4 Å². The van der Waals surface area contributed by atoms with Crippen LogP contribution >= 0.6 is 0 Å². The Balaban J connectivity index is 2.38. The highest BCUT2D eigenvalue weighted by Crippen LogP contribution is 2.34. The zero-order chi connectivity index (χ0) is 23.1. The molecule has 0 aliphatic carbocycles. The molecule has 0 unspecified atom stereocenters. The second kappa shape index (κ2) is 15.1. The fourth-order valence-electron chi connectivity index (χ4n) is 3.63. The summed E-state index contributed by atoms with van der Waals surface area (Å²) in [6.45, 7) is 10.5. The largest absolute Gasteiger partial charge is 0.504 e. The van der Waals surface area contributed by atoms with E-state index < -0.39 is 0 Å². The second-order valence-corrected chi connectivity index (χ2v) is 9.09. The minimum Gasteiger partial charge on any atom is -0.504 e. The summed E-state index contributed by atoms with van der Waals surface area (Å²) in [6.07, 6.45) is 9.26. The van der Waals surface area contributed by atoms with Crippen molar-refractivity contribution in [2.75, 3.05) is 26.9 Å². The van der Waals surface area contributed by atoms with E-state index >= 15 is 0 Å². The van der Waals surface area contributed by atoms with E-state index in [1.54, 1.807) is 13.2 Å². The summed E-state index contributed by atoms with van der Waals surface area (Å²) in [4.78, 5) is 12.7. The molecule has 1 aromatic carbocycles. The molecule has 1 rings (SSSR count). The smallest absolute Gasteiger partial charge is 0.226 e. The zero-order valence-electron chi connectivity index (χ0n) is 20.5. The van der Waals surface area contributed by atoms with Gasteiger partial charge in [-0.2, -0.15) is 0 Å². The van der Waals surface area contributed by atoms with Gasteiger partial charge in [-0.1, -0.05) is 59.4 Å². The molecule has 0 aromatic heterocycles. The Morgan fingerprint density at radius 1 is 1.10 bits per heavy atom. The first-order valence-corrected chi connectivity index (χ1v) is 12.1. The Hall–Kier alpha value is -1.75. The lowest BCUT2D eigenvalue weighted by molar-refractivity contribution is -0.133. The number of phenolic OH excluding ortho intramolecular Hbond substituents is 1. The monoisotopic (exact) mass is 435 g/mol. The summed E-state index contributed by atoms with van der Waals surface area (Å²) in [5.74, 6) is 1.27. The molecule has 0 saturated heterocycles. The Kier molecular flexibility index (Phi) is 13.3. The van der Waals surface area contributed by atoms with E-state index in [1.807, 2.05) is 12.1 Å². The van der Waals surface area contributed by atoms with Crippen LogP contribution in [0.1, 0.15) is 84.6 Å². The van der Waals surface area contributed by atoms with Gasteiger partial charge in [-0.05, 0) is 49.3 Å². The molecule has 0 heterocycles. The molecular weight excluding hydrogens is 390 g/mol. The van der Waals surface area contributed by atoms with Crippen LogP contribution in [-0.4, -0.2) is 37.9 Å². The van der Waals surface area contributed by atoms with Gasteiger partial charge in [0.15, 0.2) is 11.5 Å². The summed E-state index contributed by atoms with van der Waals surface area (Å²) in [6, 6.07) is 5.62. The fraction of sp³-hybridized carbons (Fsp3) is 0.731. The van der Waals surface area contributed by atoms with Crippen LogP contribution in [-0.2, 0) is 16.0 Å². The van der Waals surface area contributed by atoms with Gasteiger partial charge in [0, 0.05) is 32.1 Å². The van der Waals surface area contributed by atoms with E-state index in [2.05, 4.69) is 33.0 Å². The number of ether oxygens (including phenoxy) is 2. The van der Waals surface area contributed by atoms with E-state index in [0.717, 1.165) is 64.3 Å². The highest BCUT2D eigenvalue weighted by molar-refractivity contribution is 5.82. The first-order valence-electron chi connectivity index (χ1n) is 12.1. The number of rotatable bonds is 17. The maximum atomic E-state index is 12.7. The summed E-state index contributed by atoms with van der Waals surface area (Å²) >= 11 is 0. The van der Waals surface area contributed by atoms with Gasteiger partial charge in [-0.15, -0.1) is 0 Å². The minimum absolute atomic E-state index is 0.186. The highest BCUT2D eigenvalue weighted by Gasteiger charge is 2.35. The molecule has 178 valence electrons. The van der Waals surface area contributed by atoms with Crippen LogP contribution in [0.2, 0.25) is 0 Å². The zero-order valence-corrected chi connectivity index (χ0v) is 20.5. The molecular formula is C26H45NO4. The molecule has 31 heavy (non-hydrogen) atoms. The number of phenols is 1. The molecule has 0 radical (unpaired) electrons. The quantitative estimate of drug-likeness (QED) is 0.300. The van der Waals surface area contributed by atoms with E-state index in [4.69, 9.17) is 9.47 Å². The summed E-state index contributed by atoms with van der Waals surface area (Å²) < 4.78 is 10.7. The maximum Gasteiger partial charge on any atom is 0.226 e. The Bertz CT molecular complexity index is 632. The van der Waals surface area contributed by atoms with Crippen molar-refractivity contribution in [3.8, 4) is 11.5 Å². The number of benzene rings is 1. The van der Waals surface area contributed by atoms with Gasteiger partial charge in [0.1, 0.15) is 0 Å². The molecule has 2 N–H and O–H groups in total. The number of hydrogen-bond donors (Lipinski definition) is 2. The van der Waals surface area contributed by atoms with Gasteiger partial charge < -0.3 is 19.9 Å². The van der Waals surface area contributed by atoms with Crippen LogP contribution in [0.25, 0.3) is 0 Å². The lowest BCUT2D eigenvalue weighted by Gasteiger charge is -2.32. The molecule has 0 fully saturated rings. The van der Waals surface area contributed by atoms with Gasteiger partial charge in [0.05, 0.1) is 6.61 Å². The third kappa shape index (κ3) is 9.94. The lowest BCUT2D eigenvalue weighted by Crippen LogP contribution is -2.42. The van der Waals surface area contributed by atoms with Crippen LogP contribution in [0.5, 0.6) is 11.5 Å². The van der Waals surface area contributed by atoms with E-state index in [1.165, 1.54) is 5.56 Å². The number of aryl methyl sites for hydroxylation is 1. The second-order valence-electron chi connectivity index (χ2n) is 9.09. The molecule has 5 nitrogen and oxygen atoms in total. The van der Waals surface area contributed by atoms with Crippen molar-refractivity contribution in [1.82, 2.24) is 5.32 Å². The fourth-order valence-corrected chi connectivity index (χ4v) is 3.63. The van der Waals surface area contributed by atoms with Crippen LogP contribution in [0.3, 0.4) is 0 Å². The van der Waals surface area contributed by atoms with E-state index in [-0.39, 0.29) is 17.1 Å². The van der Waals surface area contributed by atoms with Crippen molar-refractivity contribution in [3.63, 3.8) is 0 Å². The maximum absolute atomic E-state index is 12.7. The molecule has 5 heteroatoms. The van der Waals surface area contributed by atoms with E-state index in [0.29, 0.717) is 24.9 Å². The van der Waals surface area contributed by atoms with Crippen molar-refractivity contribution >= 4 is 5.91 Å². The van der Waals surface area contributed by atoms with Gasteiger partial charge in [0.2, 0.25) is 5.91 Å². The Morgan fingerprint density at radius 3 is 2.52 bits per heavy atom. The first kappa shape index (κ1) is 27.3. The third-order valence-corrected chi connectivity index (χ3v) is 6.30. The number of nitrogens with one attached hydrogen (secondary N) is 1. The number of carbonyl (C=O) groups excluding carboxylic acids is 1. The molecule has 1 amide bonds. The first-order chi connectivity index (χ1) is 14.8. The number of methoxy groups -OCH3 is 1. The van der Waals surface area contributed by atoms with E-state index in [9.17, 15) is 9.90 Å². The third-order valence-electron chi connectivity index (χ3n) is 6.30. The standard InChI is InChI=1S/C26H45NO4/c1-6-7-17-27-25(29)26(4,21(2)3)16-11-9-8-10-13-22-14-15-23(28)24(20-22)31-19-12-18-30-5/h14-15,20-21,28H,6-13,16-19H2,1-5H3,(H,27,29)/t26-/m1/s1. The SMILES string of the molecule is CCCCNC(=O)[C@](C)(CCCCCCc1ccc(O)c(OCCCOC)c1)C(C)C. The minimum atomic E-state index is -0.292. The normalized spacial score (nSPS) is 13.2. The molecule has 1 aromatic rings. The van der Waals surface area contributed by atoms with Crippen LogP contribution < -0.4 is 10.1 Å². The average Bonchev–Trinajstić information content (AvgIpc) is 2.75. The van der Waals surface area contributed by atoms with Crippen molar-refractivity contribution in [3.05, 3.63) is 23.8 Å². The molecule has 0 aliphatic rings. The van der Waals surface area contributed by atoms with Gasteiger partial charge in [0.25, 0.3) is 0 Å². The number of amides is 1. The van der Waals surface area contributed by atoms with Gasteiger partial charge in [-0.3, -0.25) is 4.79 Å². The summed E-state index contributed by atoms with van der Waals surface area (Å²) in [5, 5.41) is 13.1. The van der Waals surface area contributed by atoms with Crippen LogP contribution in [0.15, 0.2) is 18.2 Å². The Labute approximate surface area is 189 Å². The molecule has 0 bridgehead atoms. The van der Waals surface area contributed by atoms with Crippen molar-refractivity contribution in [1.29, 1.82) is 0 Å². The molecule has 0 spiro atoms.